The Kier molecular flexibility index (Phi) is 4.87. The zero-order valence-corrected chi connectivity index (χ0v) is 14.9. The topological polar surface area (TPSA) is 59.1 Å². The molecule has 6 heteroatoms. The van der Waals surface area contributed by atoms with E-state index in [2.05, 4.69) is 10.3 Å². The lowest BCUT2D eigenvalue weighted by molar-refractivity contribution is 0.102. The molecule has 1 aromatic heterocycles. The number of thiazole rings is 1. The van der Waals surface area contributed by atoms with E-state index in [0.29, 0.717) is 15.6 Å². The molecule has 0 aliphatic rings. The Balaban J connectivity index is 1.73. The van der Waals surface area contributed by atoms with Crippen LogP contribution in [0.4, 0.5) is 5.13 Å². The highest BCUT2D eigenvalue weighted by Gasteiger charge is 2.10. The number of nitrogens with zero attached hydrogens (tertiary/aromatic N) is 1. The second-order valence-electron chi connectivity index (χ2n) is 5.34. The molecule has 0 spiro atoms. The molecule has 2 aromatic carbocycles. The number of benzene rings is 2. The van der Waals surface area contributed by atoms with Gasteiger partial charge in [0.1, 0.15) is 0 Å². The number of amides is 1. The van der Waals surface area contributed by atoms with E-state index < -0.39 is 10.8 Å². The third-order valence-electron chi connectivity index (χ3n) is 3.52. The van der Waals surface area contributed by atoms with Gasteiger partial charge in [0.15, 0.2) is 5.13 Å². The molecule has 3 rings (SSSR count). The highest BCUT2D eigenvalue weighted by atomic mass is 32.2. The van der Waals surface area contributed by atoms with Crippen LogP contribution < -0.4 is 5.32 Å². The van der Waals surface area contributed by atoms with Crippen molar-refractivity contribution in [3.63, 3.8) is 0 Å². The molecule has 24 heavy (non-hydrogen) atoms. The molecule has 1 unspecified atom stereocenters. The van der Waals surface area contributed by atoms with Gasteiger partial charge < -0.3 is 0 Å². The SMILES string of the molecule is Cc1ccc(-c2csc(NC(=O)c3ccc(S(C)=O)cc3)n2)cc1. The number of anilines is 1. The number of aromatic nitrogens is 1. The van der Waals surface area contributed by atoms with Gasteiger partial charge in [-0.15, -0.1) is 11.3 Å². The standard InChI is InChI=1S/C18H16N2O2S2/c1-12-3-5-13(6-4-12)16-11-23-18(19-16)20-17(21)14-7-9-15(10-8-14)24(2)22/h3-11H,1-2H3,(H,19,20,21). The largest absolute Gasteiger partial charge is 0.298 e. The maximum Gasteiger partial charge on any atom is 0.257 e. The van der Waals surface area contributed by atoms with Crippen LogP contribution in [-0.4, -0.2) is 21.4 Å². The Bertz CT molecular complexity index is 884. The van der Waals surface area contributed by atoms with E-state index in [0.717, 1.165) is 11.3 Å². The molecule has 0 aliphatic carbocycles. The van der Waals surface area contributed by atoms with Crippen LogP contribution in [0.15, 0.2) is 58.8 Å². The Morgan fingerprint density at radius 1 is 1.08 bits per heavy atom. The molecule has 1 N–H and O–H groups in total. The van der Waals surface area contributed by atoms with E-state index >= 15 is 0 Å². The molecule has 1 heterocycles. The lowest BCUT2D eigenvalue weighted by atomic mass is 10.1. The first-order chi connectivity index (χ1) is 11.5. The van der Waals surface area contributed by atoms with E-state index in [4.69, 9.17) is 0 Å². The average molecular weight is 356 g/mol. The third-order valence-corrected chi connectivity index (χ3v) is 5.21. The van der Waals surface area contributed by atoms with Crippen molar-refractivity contribution in [1.29, 1.82) is 0 Å². The van der Waals surface area contributed by atoms with E-state index in [-0.39, 0.29) is 5.91 Å². The highest BCUT2D eigenvalue weighted by Crippen LogP contribution is 2.25. The van der Waals surface area contributed by atoms with Gasteiger partial charge in [-0.05, 0) is 31.2 Å². The lowest BCUT2D eigenvalue weighted by Crippen LogP contribution is -2.11. The maximum atomic E-state index is 12.3. The first-order valence-corrected chi connectivity index (χ1v) is 9.74. The number of nitrogens with one attached hydrogen (secondary N) is 1. The fraction of sp³-hybridized carbons (Fsp3) is 0.111. The molecule has 0 radical (unpaired) electrons. The van der Waals surface area contributed by atoms with Gasteiger partial charge in [0.25, 0.3) is 5.91 Å². The lowest BCUT2D eigenvalue weighted by Gasteiger charge is -2.03. The first-order valence-electron chi connectivity index (χ1n) is 7.30. The van der Waals surface area contributed by atoms with E-state index in [1.807, 2.05) is 36.6 Å². The van der Waals surface area contributed by atoms with Crippen LogP contribution in [0.3, 0.4) is 0 Å². The second-order valence-corrected chi connectivity index (χ2v) is 7.57. The summed E-state index contributed by atoms with van der Waals surface area (Å²) >= 11 is 1.39. The van der Waals surface area contributed by atoms with Crippen LogP contribution in [0, 0.1) is 6.92 Å². The van der Waals surface area contributed by atoms with Gasteiger partial charge >= 0.3 is 0 Å². The predicted octanol–water partition coefficient (Wildman–Crippen LogP) is 4.11. The quantitative estimate of drug-likeness (QED) is 0.765. The Morgan fingerprint density at radius 3 is 2.38 bits per heavy atom. The minimum Gasteiger partial charge on any atom is -0.298 e. The van der Waals surface area contributed by atoms with Crippen LogP contribution in [-0.2, 0) is 10.8 Å². The van der Waals surface area contributed by atoms with Gasteiger partial charge in [0.05, 0.1) is 5.69 Å². The van der Waals surface area contributed by atoms with Crippen molar-refractivity contribution in [2.24, 2.45) is 0 Å². The number of hydrogen-bond donors (Lipinski definition) is 1. The summed E-state index contributed by atoms with van der Waals surface area (Å²) < 4.78 is 11.4. The Hall–Kier alpha value is -2.31. The first kappa shape index (κ1) is 16.5. The molecule has 1 atom stereocenters. The van der Waals surface area contributed by atoms with Gasteiger partial charge in [0.2, 0.25) is 0 Å². The Morgan fingerprint density at radius 2 is 1.75 bits per heavy atom. The number of hydrogen-bond acceptors (Lipinski definition) is 4. The summed E-state index contributed by atoms with van der Waals surface area (Å²) in [6.07, 6.45) is 1.61. The Labute approximate surface area is 147 Å². The van der Waals surface area contributed by atoms with Crippen molar-refractivity contribution in [1.82, 2.24) is 4.98 Å². The van der Waals surface area contributed by atoms with Crippen molar-refractivity contribution in [3.05, 3.63) is 65.0 Å². The second kappa shape index (κ2) is 7.07. The predicted molar refractivity (Wildman–Crippen MR) is 99.0 cm³/mol. The molecular weight excluding hydrogens is 340 g/mol. The summed E-state index contributed by atoms with van der Waals surface area (Å²) in [6, 6.07) is 14.8. The van der Waals surface area contributed by atoms with Crippen LogP contribution in [0.5, 0.6) is 0 Å². The fourth-order valence-electron chi connectivity index (χ4n) is 2.16. The number of carbonyl (C=O) groups is 1. The molecule has 0 aliphatic heterocycles. The van der Waals surface area contributed by atoms with E-state index in [1.54, 1.807) is 30.5 Å². The smallest absolute Gasteiger partial charge is 0.257 e. The van der Waals surface area contributed by atoms with Gasteiger partial charge in [-0.25, -0.2) is 4.98 Å². The van der Waals surface area contributed by atoms with Crippen molar-refractivity contribution in [3.8, 4) is 11.3 Å². The summed E-state index contributed by atoms with van der Waals surface area (Å²) in [7, 11) is -1.05. The molecule has 122 valence electrons. The summed E-state index contributed by atoms with van der Waals surface area (Å²) in [4.78, 5) is 17.4. The summed E-state index contributed by atoms with van der Waals surface area (Å²) in [5.74, 6) is -0.228. The third kappa shape index (κ3) is 3.77. The highest BCUT2D eigenvalue weighted by molar-refractivity contribution is 7.84. The fourth-order valence-corrected chi connectivity index (χ4v) is 3.39. The molecule has 0 bridgehead atoms. The molecule has 0 fully saturated rings. The minimum atomic E-state index is -1.05. The van der Waals surface area contributed by atoms with Crippen LogP contribution in [0.1, 0.15) is 15.9 Å². The number of carbonyl (C=O) groups excluding carboxylic acids is 1. The maximum absolute atomic E-state index is 12.3. The van der Waals surface area contributed by atoms with Gasteiger partial charge in [0, 0.05) is 38.5 Å². The van der Waals surface area contributed by atoms with E-state index in [1.165, 1.54) is 16.9 Å². The molecular formula is C18H16N2O2S2. The van der Waals surface area contributed by atoms with Crippen molar-refractivity contribution >= 4 is 33.2 Å². The monoisotopic (exact) mass is 356 g/mol. The van der Waals surface area contributed by atoms with Crippen molar-refractivity contribution < 1.29 is 9.00 Å². The summed E-state index contributed by atoms with van der Waals surface area (Å²) in [5.41, 5.74) is 3.56. The molecule has 1 amide bonds. The van der Waals surface area contributed by atoms with Crippen LogP contribution in [0.25, 0.3) is 11.3 Å². The van der Waals surface area contributed by atoms with Crippen molar-refractivity contribution in [2.45, 2.75) is 11.8 Å². The molecule has 3 aromatic rings. The van der Waals surface area contributed by atoms with Crippen LogP contribution in [0.2, 0.25) is 0 Å². The molecule has 0 saturated carbocycles. The summed E-state index contributed by atoms with van der Waals surface area (Å²) in [5, 5.41) is 5.28. The zero-order valence-electron chi connectivity index (χ0n) is 13.3. The average Bonchev–Trinajstić information content (AvgIpc) is 3.04. The zero-order chi connectivity index (χ0) is 17.1. The molecule has 0 saturated heterocycles. The van der Waals surface area contributed by atoms with Crippen LogP contribution >= 0.6 is 11.3 Å². The number of rotatable bonds is 4. The van der Waals surface area contributed by atoms with Crippen molar-refractivity contribution in [2.75, 3.05) is 11.6 Å². The van der Waals surface area contributed by atoms with Gasteiger partial charge in [-0.1, -0.05) is 29.8 Å². The van der Waals surface area contributed by atoms with Gasteiger partial charge in [-0.2, -0.15) is 0 Å². The van der Waals surface area contributed by atoms with E-state index in [9.17, 15) is 9.00 Å². The minimum absolute atomic E-state index is 0.228. The normalized spacial score (nSPS) is 11.9. The summed E-state index contributed by atoms with van der Waals surface area (Å²) in [6.45, 7) is 2.04. The number of aryl methyl sites for hydroxylation is 1. The molecule has 4 nitrogen and oxygen atoms in total. The van der Waals surface area contributed by atoms with Gasteiger partial charge in [-0.3, -0.25) is 14.3 Å².